The molecule has 2 aromatic rings. The molecule has 120 valence electrons. The van der Waals surface area contributed by atoms with Gasteiger partial charge >= 0.3 is 0 Å². The quantitative estimate of drug-likeness (QED) is 0.617. The molecule has 0 aromatic heterocycles. The van der Waals surface area contributed by atoms with Crippen LogP contribution in [0.5, 0.6) is 0 Å². The Labute approximate surface area is 142 Å². The highest BCUT2D eigenvalue weighted by Crippen LogP contribution is 2.15. The molecule has 1 N–H and O–H groups in total. The molecule has 0 aliphatic heterocycles. The summed E-state index contributed by atoms with van der Waals surface area (Å²) in [6, 6.07) is 13.7. The number of non-ortho nitro benzene ring substituents is 1. The van der Waals surface area contributed by atoms with Crippen LogP contribution < -0.4 is 5.32 Å². The molecule has 0 atom stereocenters. The number of rotatable bonds is 6. The lowest BCUT2D eigenvalue weighted by molar-refractivity contribution is -0.384. The Morgan fingerprint density at radius 1 is 1.17 bits per heavy atom. The first kappa shape index (κ1) is 17.1. The summed E-state index contributed by atoms with van der Waals surface area (Å²) in [5, 5.41) is 13.3. The summed E-state index contributed by atoms with van der Waals surface area (Å²) in [6.45, 7) is 0.883. The number of carbonyl (C=O) groups excluding carboxylic acids is 1. The van der Waals surface area contributed by atoms with Crippen molar-refractivity contribution < 1.29 is 9.72 Å². The van der Waals surface area contributed by atoms with Crippen LogP contribution in [0, 0.1) is 10.1 Å². The fourth-order valence-corrected chi connectivity index (χ4v) is 2.33. The topological polar surface area (TPSA) is 75.5 Å². The molecule has 0 radical (unpaired) electrons. The summed E-state index contributed by atoms with van der Waals surface area (Å²) in [4.78, 5) is 24.0. The second-order valence-electron chi connectivity index (χ2n) is 5.15. The van der Waals surface area contributed by atoms with Crippen molar-refractivity contribution in [3.63, 3.8) is 0 Å². The summed E-state index contributed by atoms with van der Waals surface area (Å²) < 4.78 is 1.01. The van der Waals surface area contributed by atoms with E-state index in [0.717, 1.165) is 10.0 Å². The number of nitro groups is 1. The van der Waals surface area contributed by atoms with Gasteiger partial charge in [-0.3, -0.25) is 19.8 Å². The SMILES string of the molecule is CN(CC(=O)Nc1ccc([N+](=O)[O-])cc1)Cc1ccc(Br)cc1. The number of likely N-dealkylation sites (N-methyl/N-ethyl adjacent to an activating group) is 1. The van der Waals surface area contributed by atoms with Gasteiger partial charge in [0.15, 0.2) is 0 Å². The fraction of sp³-hybridized carbons (Fsp3) is 0.188. The average Bonchev–Trinajstić information content (AvgIpc) is 2.50. The number of hydrogen-bond acceptors (Lipinski definition) is 4. The third-order valence-electron chi connectivity index (χ3n) is 3.14. The highest BCUT2D eigenvalue weighted by molar-refractivity contribution is 9.10. The lowest BCUT2D eigenvalue weighted by Crippen LogP contribution is -2.29. The molecule has 0 saturated carbocycles. The van der Waals surface area contributed by atoms with Crippen molar-refractivity contribution in [3.05, 3.63) is 68.7 Å². The second-order valence-corrected chi connectivity index (χ2v) is 6.07. The number of halogens is 1. The number of nitrogens with one attached hydrogen (secondary N) is 1. The summed E-state index contributed by atoms with van der Waals surface area (Å²) in [5.41, 5.74) is 1.65. The van der Waals surface area contributed by atoms with E-state index in [-0.39, 0.29) is 18.1 Å². The smallest absolute Gasteiger partial charge is 0.269 e. The number of nitro benzene ring substituents is 1. The molecular weight excluding hydrogens is 362 g/mol. The van der Waals surface area contributed by atoms with E-state index in [0.29, 0.717) is 12.2 Å². The van der Waals surface area contributed by atoms with Crippen LogP contribution in [-0.4, -0.2) is 29.3 Å². The van der Waals surface area contributed by atoms with Crippen molar-refractivity contribution in [2.24, 2.45) is 0 Å². The third-order valence-corrected chi connectivity index (χ3v) is 3.67. The van der Waals surface area contributed by atoms with Gasteiger partial charge in [-0.1, -0.05) is 28.1 Å². The molecule has 6 nitrogen and oxygen atoms in total. The van der Waals surface area contributed by atoms with E-state index in [2.05, 4.69) is 21.2 Å². The Hall–Kier alpha value is -2.25. The molecule has 0 aliphatic rings. The first-order valence-corrected chi connectivity index (χ1v) is 7.70. The number of carbonyl (C=O) groups is 1. The number of benzene rings is 2. The van der Waals surface area contributed by atoms with Crippen LogP contribution >= 0.6 is 15.9 Å². The van der Waals surface area contributed by atoms with Crippen molar-refractivity contribution in [1.29, 1.82) is 0 Å². The molecule has 0 spiro atoms. The maximum atomic E-state index is 12.0. The van der Waals surface area contributed by atoms with Gasteiger partial charge in [-0.05, 0) is 36.9 Å². The Morgan fingerprint density at radius 2 is 1.78 bits per heavy atom. The van der Waals surface area contributed by atoms with Crippen molar-refractivity contribution in [3.8, 4) is 0 Å². The summed E-state index contributed by atoms with van der Waals surface area (Å²) in [5.74, 6) is -0.168. The summed E-state index contributed by atoms with van der Waals surface area (Å²) >= 11 is 3.38. The first-order valence-electron chi connectivity index (χ1n) is 6.91. The molecular formula is C16H16BrN3O3. The standard InChI is InChI=1S/C16H16BrN3O3/c1-19(10-12-2-4-13(17)5-3-12)11-16(21)18-14-6-8-15(9-7-14)20(22)23/h2-9H,10-11H2,1H3,(H,18,21). The van der Waals surface area contributed by atoms with Gasteiger partial charge in [-0.15, -0.1) is 0 Å². The molecule has 0 aliphatic carbocycles. The van der Waals surface area contributed by atoms with Gasteiger partial charge in [-0.25, -0.2) is 0 Å². The first-order chi connectivity index (χ1) is 10.9. The van der Waals surface area contributed by atoms with E-state index < -0.39 is 4.92 Å². The van der Waals surface area contributed by atoms with Gasteiger partial charge in [0.1, 0.15) is 0 Å². The maximum absolute atomic E-state index is 12.0. The molecule has 0 unspecified atom stereocenters. The Bertz CT molecular complexity index is 687. The summed E-state index contributed by atoms with van der Waals surface area (Å²) in [6.07, 6.45) is 0. The number of hydrogen-bond donors (Lipinski definition) is 1. The highest BCUT2D eigenvalue weighted by Gasteiger charge is 2.09. The molecule has 2 aromatic carbocycles. The normalized spacial score (nSPS) is 10.6. The van der Waals surface area contributed by atoms with Gasteiger partial charge in [-0.2, -0.15) is 0 Å². The van der Waals surface area contributed by atoms with Gasteiger partial charge < -0.3 is 5.32 Å². The minimum atomic E-state index is -0.475. The monoisotopic (exact) mass is 377 g/mol. The minimum absolute atomic E-state index is 0.00430. The predicted octanol–water partition coefficient (Wildman–Crippen LogP) is 3.43. The van der Waals surface area contributed by atoms with Gasteiger partial charge in [0.05, 0.1) is 11.5 Å². The van der Waals surface area contributed by atoms with E-state index >= 15 is 0 Å². The zero-order valence-corrected chi connectivity index (χ0v) is 14.1. The average molecular weight is 378 g/mol. The van der Waals surface area contributed by atoms with E-state index in [1.807, 2.05) is 36.2 Å². The largest absolute Gasteiger partial charge is 0.325 e. The number of amides is 1. The zero-order valence-electron chi connectivity index (χ0n) is 12.5. The lowest BCUT2D eigenvalue weighted by Gasteiger charge is -2.16. The van der Waals surface area contributed by atoms with Crippen LogP contribution in [0.3, 0.4) is 0 Å². The second kappa shape index (κ2) is 7.85. The van der Waals surface area contributed by atoms with Gasteiger partial charge in [0, 0.05) is 28.8 Å². The van der Waals surface area contributed by atoms with Gasteiger partial charge in [0.2, 0.25) is 5.91 Å². The Morgan fingerprint density at radius 3 is 2.35 bits per heavy atom. The Kier molecular flexibility index (Phi) is 5.84. The molecule has 1 amide bonds. The van der Waals surface area contributed by atoms with E-state index in [1.54, 1.807) is 0 Å². The third kappa shape index (κ3) is 5.46. The molecule has 0 saturated heterocycles. The molecule has 0 heterocycles. The van der Waals surface area contributed by atoms with Crippen LogP contribution in [0.25, 0.3) is 0 Å². The highest BCUT2D eigenvalue weighted by atomic mass is 79.9. The van der Waals surface area contributed by atoms with Crippen molar-refractivity contribution in [2.45, 2.75) is 6.54 Å². The van der Waals surface area contributed by atoms with Gasteiger partial charge in [0.25, 0.3) is 5.69 Å². The van der Waals surface area contributed by atoms with E-state index in [4.69, 9.17) is 0 Å². The van der Waals surface area contributed by atoms with Crippen molar-refractivity contribution in [1.82, 2.24) is 4.90 Å². The Balaban J connectivity index is 1.86. The lowest BCUT2D eigenvalue weighted by atomic mass is 10.2. The molecule has 7 heteroatoms. The number of anilines is 1. The number of nitrogens with zero attached hydrogens (tertiary/aromatic N) is 2. The van der Waals surface area contributed by atoms with Crippen LogP contribution in [0.2, 0.25) is 0 Å². The minimum Gasteiger partial charge on any atom is -0.325 e. The van der Waals surface area contributed by atoms with E-state index in [1.165, 1.54) is 24.3 Å². The molecule has 23 heavy (non-hydrogen) atoms. The van der Waals surface area contributed by atoms with Crippen molar-refractivity contribution in [2.75, 3.05) is 18.9 Å². The fourth-order valence-electron chi connectivity index (χ4n) is 2.07. The maximum Gasteiger partial charge on any atom is 0.269 e. The van der Waals surface area contributed by atoms with Crippen LogP contribution in [0.4, 0.5) is 11.4 Å². The molecule has 0 bridgehead atoms. The van der Waals surface area contributed by atoms with Crippen LogP contribution in [-0.2, 0) is 11.3 Å². The molecule has 2 rings (SSSR count). The van der Waals surface area contributed by atoms with Crippen molar-refractivity contribution >= 4 is 33.2 Å². The zero-order chi connectivity index (χ0) is 16.8. The van der Waals surface area contributed by atoms with Crippen LogP contribution in [0.1, 0.15) is 5.56 Å². The summed E-state index contributed by atoms with van der Waals surface area (Å²) in [7, 11) is 1.86. The van der Waals surface area contributed by atoms with Crippen LogP contribution in [0.15, 0.2) is 53.0 Å². The molecule has 0 fully saturated rings. The van der Waals surface area contributed by atoms with E-state index in [9.17, 15) is 14.9 Å². The predicted molar refractivity (Wildman–Crippen MR) is 92.2 cm³/mol.